The maximum Gasteiger partial charge on any atom is 0.244 e. The molecule has 3 nitrogen and oxygen atoms in total. The van der Waals surface area contributed by atoms with Crippen molar-refractivity contribution in [3.8, 4) is 0 Å². The molecule has 0 aliphatic heterocycles. The highest BCUT2D eigenvalue weighted by molar-refractivity contribution is 7.89. The highest BCUT2D eigenvalue weighted by atomic mass is 35.5. The average molecular weight is 328 g/mol. The van der Waals surface area contributed by atoms with E-state index in [2.05, 4.69) is 17.4 Å². The van der Waals surface area contributed by atoms with E-state index in [0.717, 1.165) is 0 Å². The summed E-state index contributed by atoms with van der Waals surface area (Å²) in [5, 5.41) is 0.164. The van der Waals surface area contributed by atoms with E-state index in [1.165, 1.54) is 6.07 Å². The molecule has 0 saturated heterocycles. The minimum absolute atomic E-state index is 0.0624. The monoisotopic (exact) mass is 327 g/mol. The highest BCUT2D eigenvalue weighted by Gasteiger charge is 2.28. The number of hydrogen-bond acceptors (Lipinski definition) is 3. The second-order valence-electron chi connectivity index (χ2n) is 5.00. The van der Waals surface area contributed by atoms with Crippen molar-refractivity contribution < 1.29 is 8.42 Å². The van der Waals surface area contributed by atoms with Crippen molar-refractivity contribution in [2.75, 3.05) is 0 Å². The first kappa shape index (κ1) is 16.1. The lowest BCUT2D eigenvalue weighted by Crippen LogP contribution is -2.40. The molecule has 1 N–H and O–H groups in total. The van der Waals surface area contributed by atoms with Gasteiger partial charge in [-0.25, -0.2) is 13.1 Å². The molecule has 0 aromatic heterocycles. The number of halogens is 2. The van der Waals surface area contributed by atoms with Crippen molar-refractivity contribution in [1.29, 1.82) is 0 Å². The number of thiol groups is 1. The number of sulfonamides is 1. The van der Waals surface area contributed by atoms with E-state index in [1.54, 1.807) is 27.7 Å². The van der Waals surface area contributed by atoms with Crippen molar-refractivity contribution in [2.24, 2.45) is 0 Å². The molecule has 102 valence electrons. The lowest BCUT2D eigenvalue weighted by molar-refractivity contribution is 0.491. The first-order valence-electron chi connectivity index (χ1n) is 5.17. The zero-order valence-corrected chi connectivity index (χ0v) is 13.7. The van der Waals surface area contributed by atoms with Gasteiger partial charge in [0.15, 0.2) is 0 Å². The van der Waals surface area contributed by atoms with Gasteiger partial charge in [0.25, 0.3) is 0 Å². The molecule has 0 radical (unpaired) electrons. The van der Waals surface area contributed by atoms with Crippen molar-refractivity contribution in [1.82, 2.24) is 4.72 Å². The zero-order valence-electron chi connectivity index (χ0n) is 10.5. The Labute approximate surface area is 123 Å². The van der Waals surface area contributed by atoms with Crippen molar-refractivity contribution >= 4 is 45.9 Å². The lowest BCUT2D eigenvalue weighted by Gasteiger charge is -2.22. The van der Waals surface area contributed by atoms with E-state index in [1.807, 2.05) is 0 Å². The largest absolute Gasteiger partial charge is 0.244 e. The SMILES string of the molecule is Cc1c(S)cc(Cl)c(S(=O)(=O)NC(C)(C)C)c1Cl. The molecule has 0 bridgehead atoms. The third-order valence-electron chi connectivity index (χ3n) is 2.10. The Kier molecular flexibility index (Phi) is 4.66. The Morgan fingerprint density at radius 2 is 1.78 bits per heavy atom. The molecule has 7 heteroatoms. The predicted molar refractivity (Wildman–Crippen MR) is 78.5 cm³/mol. The molecule has 0 spiro atoms. The van der Waals surface area contributed by atoms with Gasteiger partial charge < -0.3 is 0 Å². The van der Waals surface area contributed by atoms with E-state index in [9.17, 15) is 8.42 Å². The topological polar surface area (TPSA) is 46.2 Å². The molecule has 0 aliphatic rings. The summed E-state index contributed by atoms with van der Waals surface area (Å²) in [7, 11) is -3.77. The second-order valence-corrected chi connectivity index (χ2v) is 7.89. The summed E-state index contributed by atoms with van der Waals surface area (Å²) in [5.74, 6) is 0. The van der Waals surface area contributed by atoms with Crippen molar-refractivity contribution in [3.63, 3.8) is 0 Å². The average Bonchev–Trinajstić information content (AvgIpc) is 2.09. The Morgan fingerprint density at radius 3 is 2.22 bits per heavy atom. The van der Waals surface area contributed by atoms with Gasteiger partial charge in [0.1, 0.15) is 4.90 Å². The van der Waals surface area contributed by atoms with Gasteiger partial charge in [0, 0.05) is 10.4 Å². The molecule has 0 aliphatic carbocycles. The van der Waals surface area contributed by atoms with Crippen LogP contribution in [0, 0.1) is 6.92 Å². The lowest BCUT2D eigenvalue weighted by atomic mass is 10.1. The Morgan fingerprint density at radius 1 is 1.28 bits per heavy atom. The molecule has 18 heavy (non-hydrogen) atoms. The predicted octanol–water partition coefficient (Wildman–Crippen LogP) is 3.67. The van der Waals surface area contributed by atoms with Gasteiger partial charge in [-0.1, -0.05) is 23.2 Å². The molecular weight excluding hydrogens is 313 g/mol. The van der Waals surface area contributed by atoms with E-state index in [4.69, 9.17) is 23.2 Å². The summed E-state index contributed by atoms with van der Waals surface area (Å²) < 4.78 is 27.0. The van der Waals surface area contributed by atoms with Gasteiger partial charge in [-0.3, -0.25) is 0 Å². The molecule has 1 aromatic carbocycles. The number of nitrogens with one attached hydrogen (secondary N) is 1. The van der Waals surface area contributed by atoms with Crippen LogP contribution in [0.2, 0.25) is 10.0 Å². The third kappa shape index (κ3) is 3.54. The highest BCUT2D eigenvalue weighted by Crippen LogP contribution is 2.36. The van der Waals surface area contributed by atoms with Gasteiger partial charge in [-0.05, 0) is 39.3 Å². The maximum atomic E-state index is 12.2. The first-order valence-corrected chi connectivity index (χ1v) is 7.86. The molecule has 0 unspecified atom stereocenters. The molecule has 0 amide bonds. The fraction of sp³-hybridized carbons (Fsp3) is 0.455. The summed E-state index contributed by atoms with van der Waals surface area (Å²) in [6.45, 7) is 6.92. The molecular formula is C11H15Cl2NO2S2. The van der Waals surface area contributed by atoms with Gasteiger partial charge in [-0.2, -0.15) is 0 Å². The fourth-order valence-corrected chi connectivity index (χ4v) is 4.44. The van der Waals surface area contributed by atoms with Crippen molar-refractivity contribution in [2.45, 2.75) is 43.0 Å². The Balaban J connectivity index is 3.48. The summed E-state index contributed by atoms with van der Waals surface area (Å²) in [5.41, 5.74) is -0.0300. The summed E-state index contributed by atoms with van der Waals surface area (Å²) in [6, 6.07) is 1.48. The standard InChI is InChI=1S/C11H15Cl2NO2S2/c1-6-8(17)5-7(12)10(9(6)13)18(15,16)14-11(2,3)4/h5,14,17H,1-4H3. The van der Waals surface area contributed by atoms with E-state index >= 15 is 0 Å². The minimum atomic E-state index is -3.77. The Hall–Kier alpha value is 0.0600. The normalized spacial score (nSPS) is 12.8. The maximum absolute atomic E-state index is 12.2. The van der Waals surface area contributed by atoms with E-state index in [0.29, 0.717) is 10.5 Å². The molecule has 0 fully saturated rings. The van der Waals surface area contributed by atoms with Crippen LogP contribution in [0.3, 0.4) is 0 Å². The van der Waals surface area contributed by atoms with Crippen molar-refractivity contribution in [3.05, 3.63) is 21.7 Å². The van der Waals surface area contributed by atoms with Crippen LogP contribution in [-0.2, 0) is 10.0 Å². The van der Waals surface area contributed by atoms with Gasteiger partial charge >= 0.3 is 0 Å². The van der Waals surface area contributed by atoms with Crippen LogP contribution in [0.1, 0.15) is 26.3 Å². The number of rotatable bonds is 2. The summed E-state index contributed by atoms with van der Waals surface area (Å²) >= 11 is 16.2. The van der Waals surface area contributed by atoms with Gasteiger partial charge in [0.2, 0.25) is 10.0 Å². The number of hydrogen-bond donors (Lipinski definition) is 2. The quantitative estimate of drug-likeness (QED) is 0.814. The fourth-order valence-electron chi connectivity index (χ4n) is 1.38. The number of benzene rings is 1. The van der Waals surface area contributed by atoms with Crippen LogP contribution in [-0.4, -0.2) is 14.0 Å². The summed E-state index contributed by atoms with van der Waals surface area (Å²) in [6.07, 6.45) is 0. The van der Waals surface area contributed by atoms with Crippen LogP contribution in [0.15, 0.2) is 15.9 Å². The van der Waals surface area contributed by atoms with Gasteiger partial charge in [-0.15, -0.1) is 12.6 Å². The minimum Gasteiger partial charge on any atom is -0.207 e. The van der Waals surface area contributed by atoms with E-state index < -0.39 is 15.6 Å². The molecule has 1 rings (SSSR count). The van der Waals surface area contributed by atoms with Crippen LogP contribution in [0.25, 0.3) is 0 Å². The van der Waals surface area contributed by atoms with Crippen LogP contribution in [0.5, 0.6) is 0 Å². The molecule has 0 atom stereocenters. The van der Waals surface area contributed by atoms with Crippen LogP contribution >= 0.6 is 35.8 Å². The third-order valence-corrected chi connectivity index (χ3v) is 5.40. The van der Waals surface area contributed by atoms with Crippen LogP contribution < -0.4 is 4.72 Å². The second kappa shape index (κ2) is 5.21. The molecule has 1 aromatic rings. The first-order chi connectivity index (χ1) is 7.96. The van der Waals surface area contributed by atoms with E-state index in [-0.39, 0.29) is 14.9 Å². The summed E-state index contributed by atoms with van der Waals surface area (Å²) in [4.78, 5) is 0.454. The van der Waals surface area contributed by atoms with Crippen LogP contribution in [0.4, 0.5) is 0 Å². The molecule has 0 saturated carbocycles. The van der Waals surface area contributed by atoms with Gasteiger partial charge in [0.05, 0.1) is 10.0 Å². The Bertz CT molecular complexity index is 578. The smallest absolute Gasteiger partial charge is 0.207 e. The molecule has 0 heterocycles. The zero-order chi connectivity index (χ0) is 14.3.